The number of hydrogen-bond acceptors (Lipinski definition) is 4. The number of anilines is 1. The molecule has 4 aliphatic rings. The third-order valence-electron chi connectivity index (χ3n) is 11.9. The lowest BCUT2D eigenvalue weighted by atomic mass is 9.43. The Morgan fingerprint density at radius 2 is 1.73 bits per heavy atom. The molecule has 0 aliphatic heterocycles. The predicted octanol–water partition coefficient (Wildman–Crippen LogP) is 6.23. The first-order valence-corrected chi connectivity index (χ1v) is 14.8. The summed E-state index contributed by atoms with van der Waals surface area (Å²) in [6.07, 6.45) is 9.55. The van der Waals surface area contributed by atoms with Crippen LogP contribution in [0.25, 0.3) is 0 Å². The maximum absolute atomic E-state index is 12.7. The molecule has 5 nitrogen and oxygen atoms in total. The van der Waals surface area contributed by atoms with Crippen molar-refractivity contribution in [3.8, 4) is 0 Å². The van der Waals surface area contributed by atoms with Crippen LogP contribution in [0.15, 0.2) is 24.3 Å². The molecule has 0 heterocycles. The van der Waals surface area contributed by atoms with Crippen LogP contribution < -0.4 is 5.32 Å². The van der Waals surface area contributed by atoms with Gasteiger partial charge in [0.25, 0.3) is 0 Å². The highest BCUT2D eigenvalue weighted by Gasteiger charge is 2.63. The molecule has 3 N–H and O–H groups in total. The normalized spacial score (nSPS) is 41.7. The first-order chi connectivity index (χ1) is 17.5. The van der Waals surface area contributed by atoms with Crippen molar-refractivity contribution >= 4 is 17.4 Å². The summed E-state index contributed by atoms with van der Waals surface area (Å²) in [5, 5.41) is 25.0. The molecular weight excluding hydrogens is 462 g/mol. The van der Waals surface area contributed by atoms with E-state index in [0.29, 0.717) is 47.5 Å². The third kappa shape index (κ3) is 4.69. The number of fused-ring (bicyclic) bond motifs is 5. The van der Waals surface area contributed by atoms with Gasteiger partial charge in [-0.3, -0.25) is 9.59 Å². The fraction of sp³-hybridized carbons (Fsp3) is 0.750. The molecule has 4 saturated carbocycles. The second kappa shape index (κ2) is 10.1. The number of aliphatic hydroxyl groups is 2. The van der Waals surface area contributed by atoms with Crippen LogP contribution in [-0.4, -0.2) is 34.1 Å². The first kappa shape index (κ1) is 26.9. The van der Waals surface area contributed by atoms with Gasteiger partial charge in [-0.25, -0.2) is 0 Å². The zero-order valence-electron chi connectivity index (χ0n) is 23.2. The van der Waals surface area contributed by atoms with Gasteiger partial charge in [-0.1, -0.05) is 20.8 Å². The van der Waals surface area contributed by atoms with E-state index in [4.69, 9.17) is 0 Å². The van der Waals surface area contributed by atoms with E-state index in [1.165, 1.54) is 19.3 Å². The molecule has 0 aromatic heterocycles. The Labute approximate surface area is 222 Å². The molecule has 5 heteroatoms. The van der Waals surface area contributed by atoms with Crippen molar-refractivity contribution in [1.82, 2.24) is 0 Å². The number of carbonyl (C=O) groups excluding carboxylic acids is 2. The van der Waals surface area contributed by atoms with Gasteiger partial charge in [-0.15, -0.1) is 0 Å². The Balaban J connectivity index is 1.22. The quantitative estimate of drug-likeness (QED) is 0.397. The molecule has 37 heavy (non-hydrogen) atoms. The van der Waals surface area contributed by atoms with Crippen LogP contribution in [0.3, 0.4) is 0 Å². The third-order valence-corrected chi connectivity index (χ3v) is 11.9. The summed E-state index contributed by atoms with van der Waals surface area (Å²) in [7, 11) is 0. The summed E-state index contributed by atoms with van der Waals surface area (Å²) in [6.45, 7) is 8.66. The van der Waals surface area contributed by atoms with Gasteiger partial charge < -0.3 is 15.5 Å². The van der Waals surface area contributed by atoms with Crippen LogP contribution in [0.5, 0.6) is 0 Å². The van der Waals surface area contributed by atoms with E-state index in [1.54, 1.807) is 31.2 Å². The molecule has 4 fully saturated rings. The average Bonchev–Trinajstić information content (AvgIpc) is 3.23. The number of carbonyl (C=O) groups is 2. The van der Waals surface area contributed by atoms with Crippen LogP contribution in [-0.2, 0) is 4.79 Å². The Morgan fingerprint density at radius 1 is 1.00 bits per heavy atom. The molecule has 204 valence electrons. The maximum atomic E-state index is 12.7. The van der Waals surface area contributed by atoms with Crippen LogP contribution in [0.1, 0.15) is 102 Å². The van der Waals surface area contributed by atoms with Crippen molar-refractivity contribution in [2.45, 2.75) is 104 Å². The van der Waals surface area contributed by atoms with Gasteiger partial charge in [0.1, 0.15) is 0 Å². The SMILES string of the molecule is CC(=O)c1ccc(NC(=O)CC[C@@H](C)C2CCC3C4CCC5C[C@H](O)CC[C@]5(C)C4C[C@H](O)[C@@]32C)cc1. The zero-order valence-corrected chi connectivity index (χ0v) is 23.2. The Morgan fingerprint density at radius 3 is 2.43 bits per heavy atom. The van der Waals surface area contributed by atoms with Crippen molar-refractivity contribution in [2.75, 3.05) is 5.32 Å². The van der Waals surface area contributed by atoms with Gasteiger partial charge in [0.2, 0.25) is 5.91 Å². The van der Waals surface area contributed by atoms with Crippen LogP contribution >= 0.6 is 0 Å². The molecule has 1 aromatic rings. The minimum Gasteiger partial charge on any atom is -0.393 e. The highest BCUT2D eigenvalue weighted by Crippen LogP contribution is 2.68. The lowest BCUT2D eigenvalue weighted by Crippen LogP contribution is -2.58. The molecule has 10 atom stereocenters. The predicted molar refractivity (Wildman–Crippen MR) is 146 cm³/mol. The molecule has 0 radical (unpaired) electrons. The average molecular weight is 510 g/mol. The summed E-state index contributed by atoms with van der Waals surface area (Å²) < 4.78 is 0. The van der Waals surface area contributed by atoms with E-state index >= 15 is 0 Å². The topological polar surface area (TPSA) is 86.6 Å². The van der Waals surface area contributed by atoms with Gasteiger partial charge in [0, 0.05) is 17.7 Å². The summed E-state index contributed by atoms with van der Waals surface area (Å²) in [5.74, 6) is 3.26. The van der Waals surface area contributed by atoms with Gasteiger partial charge in [0.15, 0.2) is 5.78 Å². The lowest BCUT2D eigenvalue weighted by Gasteiger charge is -2.62. The highest BCUT2D eigenvalue weighted by atomic mass is 16.3. The molecule has 1 amide bonds. The Kier molecular flexibility index (Phi) is 7.34. The number of nitrogens with one attached hydrogen (secondary N) is 1. The van der Waals surface area contributed by atoms with Crippen LogP contribution in [0, 0.1) is 46.3 Å². The number of rotatable bonds is 6. The van der Waals surface area contributed by atoms with E-state index < -0.39 is 0 Å². The fourth-order valence-corrected chi connectivity index (χ4v) is 9.73. The number of benzene rings is 1. The number of ketones is 1. The van der Waals surface area contributed by atoms with Crippen LogP contribution in [0.2, 0.25) is 0 Å². The van der Waals surface area contributed by atoms with E-state index in [0.717, 1.165) is 44.2 Å². The minimum atomic E-state index is -0.287. The number of hydrogen-bond donors (Lipinski definition) is 3. The smallest absolute Gasteiger partial charge is 0.224 e. The Bertz CT molecular complexity index is 1010. The monoisotopic (exact) mass is 509 g/mol. The van der Waals surface area contributed by atoms with Gasteiger partial charge in [0.05, 0.1) is 12.2 Å². The van der Waals surface area contributed by atoms with E-state index in [1.807, 2.05) is 0 Å². The summed E-state index contributed by atoms with van der Waals surface area (Å²) in [6, 6.07) is 7.08. The van der Waals surface area contributed by atoms with Crippen molar-refractivity contribution in [2.24, 2.45) is 46.3 Å². The molecule has 0 saturated heterocycles. The van der Waals surface area contributed by atoms with E-state index in [9.17, 15) is 19.8 Å². The maximum Gasteiger partial charge on any atom is 0.224 e. The molecule has 0 spiro atoms. The number of Topliss-reactive ketones (excluding diaryl/α,β-unsaturated/α-hetero) is 1. The molecule has 0 bridgehead atoms. The van der Waals surface area contributed by atoms with Gasteiger partial charge >= 0.3 is 0 Å². The van der Waals surface area contributed by atoms with Crippen molar-refractivity contribution in [3.05, 3.63) is 29.8 Å². The molecule has 5 rings (SSSR count). The molecule has 5 unspecified atom stereocenters. The fourth-order valence-electron chi connectivity index (χ4n) is 9.73. The zero-order chi connectivity index (χ0) is 26.5. The second-order valence-electron chi connectivity index (χ2n) is 13.6. The Hall–Kier alpha value is -1.72. The molecule has 1 aromatic carbocycles. The summed E-state index contributed by atoms with van der Waals surface area (Å²) in [4.78, 5) is 24.2. The number of amides is 1. The minimum absolute atomic E-state index is 0.0112. The highest BCUT2D eigenvalue weighted by molar-refractivity contribution is 5.95. The van der Waals surface area contributed by atoms with E-state index in [2.05, 4.69) is 26.1 Å². The van der Waals surface area contributed by atoms with Crippen molar-refractivity contribution in [1.29, 1.82) is 0 Å². The van der Waals surface area contributed by atoms with Gasteiger partial charge in [-0.05, 0) is 135 Å². The summed E-state index contributed by atoms with van der Waals surface area (Å²) in [5.41, 5.74) is 1.56. The second-order valence-corrected chi connectivity index (χ2v) is 13.6. The van der Waals surface area contributed by atoms with Gasteiger partial charge in [-0.2, -0.15) is 0 Å². The molecular formula is C32H47NO4. The number of aliphatic hydroxyl groups excluding tert-OH is 2. The van der Waals surface area contributed by atoms with Crippen molar-refractivity contribution < 1.29 is 19.8 Å². The molecule has 4 aliphatic carbocycles. The van der Waals surface area contributed by atoms with Crippen LogP contribution in [0.4, 0.5) is 5.69 Å². The first-order valence-electron chi connectivity index (χ1n) is 14.8. The lowest BCUT2D eigenvalue weighted by molar-refractivity contribution is -0.174. The van der Waals surface area contributed by atoms with E-state index in [-0.39, 0.29) is 34.7 Å². The standard InChI is InChI=1S/C32H47NO4/c1-19(5-14-30(37)33-23-9-6-21(7-10-23)20(2)34)26-12-13-27-25-11-8-22-17-24(35)15-16-31(22,3)28(25)18-29(36)32(26,27)4/h6-7,9-10,19,22,24-29,35-36H,5,8,11-18H2,1-4H3,(H,33,37)/t19-,22?,24-,25?,26?,27?,28?,29+,31+,32-/m1/s1. The van der Waals surface area contributed by atoms with Crippen molar-refractivity contribution in [3.63, 3.8) is 0 Å². The summed E-state index contributed by atoms with van der Waals surface area (Å²) >= 11 is 0. The largest absolute Gasteiger partial charge is 0.393 e.